The Hall–Kier alpha value is -2.21. The molecule has 0 N–H and O–H groups in total. The fraction of sp³-hybridized carbons (Fsp3) is 0.143. The largest absolute Gasteiger partial charge is 0.288 e. The lowest BCUT2D eigenvalue weighted by molar-refractivity contribution is -0.387. The second-order valence-corrected chi connectivity index (χ2v) is 6.38. The van der Waals surface area contributed by atoms with Crippen molar-refractivity contribution in [2.24, 2.45) is 0 Å². The Kier molecular flexibility index (Phi) is 3.59. The molecular formula is C14H13NO4S. The van der Waals surface area contributed by atoms with Crippen LogP contribution in [0.2, 0.25) is 0 Å². The molecule has 2 rings (SSSR count). The maximum Gasteiger partial charge on any atom is 0.288 e. The fourth-order valence-corrected chi connectivity index (χ4v) is 3.70. The summed E-state index contributed by atoms with van der Waals surface area (Å²) in [5.74, 6) is 0. The molecular weight excluding hydrogens is 278 g/mol. The lowest BCUT2D eigenvalue weighted by Gasteiger charge is -2.08. The van der Waals surface area contributed by atoms with E-state index in [1.807, 2.05) is 6.92 Å². The summed E-state index contributed by atoms with van der Waals surface area (Å²) >= 11 is 0. The highest BCUT2D eigenvalue weighted by Gasteiger charge is 2.28. The van der Waals surface area contributed by atoms with Crippen LogP contribution in [0.3, 0.4) is 0 Å². The molecule has 0 aliphatic carbocycles. The summed E-state index contributed by atoms with van der Waals surface area (Å²) in [4.78, 5) is 10.1. The van der Waals surface area contributed by atoms with Crippen molar-refractivity contribution >= 4 is 15.5 Å². The van der Waals surface area contributed by atoms with E-state index in [9.17, 15) is 18.5 Å². The average molecular weight is 291 g/mol. The first-order valence-electron chi connectivity index (χ1n) is 5.90. The molecule has 0 saturated heterocycles. The number of hydrogen-bond donors (Lipinski definition) is 0. The van der Waals surface area contributed by atoms with Gasteiger partial charge in [-0.1, -0.05) is 29.8 Å². The Labute approximate surface area is 116 Å². The van der Waals surface area contributed by atoms with Crippen molar-refractivity contribution in [1.82, 2.24) is 0 Å². The van der Waals surface area contributed by atoms with Gasteiger partial charge >= 0.3 is 0 Å². The minimum atomic E-state index is -3.90. The Morgan fingerprint density at radius 2 is 1.65 bits per heavy atom. The Morgan fingerprint density at radius 1 is 1.00 bits per heavy atom. The van der Waals surface area contributed by atoms with E-state index in [2.05, 4.69) is 0 Å². The first kappa shape index (κ1) is 14.2. The molecule has 0 saturated carbocycles. The number of aryl methyl sites for hydroxylation is 2. The van der Waals surface area contributed by atoms with Crippen LogP contribution in [0.1, 0.15) is 11.1 Å². The minimum Gasteiger partial charge on any atom is -0.258 e. The zero-order valence-corrected chi connectivity index (χ0v) is 11.8. The Morgan fingerprint density at radius 3 is 2.25 bits per heavy atom. The lowest BCUT2D eigenvalue weighted by Crippen LogP contribution is -2.07. The molecule has 6 heteroatoms. The third-order valence-corrected chi connectivity index (χ3v) is 4.93. The molecule has 0 spiro atoms. The molecule has 0 aromatic heterocycles. The predicted molar refractivity (Wildman–Crippen MR) is 74.5 cm³/mol. The molecule has 20 heavy (non-hydrogen) atoms. The highest BCUT2D eigenvalue weighted by atomic mass is 32.2. The monoisotopic (exact) mass is 291 g/mol. The molecule has 0 heterocycles. The van der Waals surface area contributed by atoms with Crippen LogP contribution in [0.15, 0.2) is 52.3 Å². The first-order chi connectivity index (χ1) is 9.34. The number of hydrogen-bond acceptors (Lipinski definition) is 4. The van der Waals surface area contributed by atoms with Crippen LogP contribution in [0.25, 0.3) is 0 Å². The van der Waals surface area contributed by atoms with E-state index in [0.29, 0.717) is 5.56 Å². The summed E-state index contributed by atoms with van der Waals surface area (Å²) in [6.07, 6.45) is 0. The second kappa shape index (κ2) is 5.05. The molecule has 0 bridgehead atoms. The van der Waals surface area contributed by atoms with Crippen LogP contribution < -0.4 is 0 Å². The van der Waals surface area contributed by atoms with Crippen LogP contribution in [-0.2, 0) is 9.84 Å². The Bertz CT molecular complexity index is 782. The van der Waals surface area contributed by atoms with Crippen molar-refractivity contribution in [3.05, 3.63) is 63.7 Å². The van der Waals surface area contributed by atoms with E-state index in [4.69, 9.17) is 0 Å². The van der Waals surface area contributed by atoms with Crippen molar-refractivity contribution in [3.63, 3.8) is 0 Å². The van der Waals surface area contributed by atoms with Gasteiger partial charge in [-0.25, -0.2) is 8.42 Å². The average Bonchev–Trinajstić information content (AvgIpc) is 2.38. The first-order valence-corrected chi connectivity index (χ1v) is 7.38. The van der Waals surface area contributed by atoms with Crippen LogP contribution in [0.5, 0.6) is 0 Å². The maximum absolute atomic E-state index is 12.6. The van der Waals surface area contributed by atoms with E-state index < -0.39 is 20.4 Å². The van der Waals surface area contributed by atoms with Gasteiger partial charge in [0, 0.05) is 6.07 Å². The van der Waals surface area contributed by atoms with Gasteiger partial charge in [0.2, 0.25) is 9.84 Å². The van der Waals surface area contributed by atoms with Gasteiger partial charge in [0.15, 0.2) is 0 Å². The van der Waals surface area contributed by atoms with Crippen molar-refractivity contribution in [2.75, 3.05) is 0 Å². The van der Waals surface area contributed by atoms with Gasteiger partial charge in [0.25, 0.3) is 5.69 Å². The summed E-state index contributed by atoms with van der Waals surface area (Å²) in [5.41, 5.74) is 1.10. The molecule has 0 fully saturated rings. The molecule has 0 unspecified atom stereocenters. The maximum atomic E-state index is 12.6. The molecule has 104 valence electrons. The van der Waals surface area contributed by atoms with Crippen molar-refractivity contribution in [2.45, 2.75) is 23.6 Å². The molecule has 2 aromatic rings. The number of nitro benzene ring substituents is 1. The van der Waals surface area contributed by atoms with Gasteiger partial charge in [0.05, 0.1) is 9.82 Å². The third kappa shape index (κ3) is 2.42. The summed E-state index contributed by atoms with van der Waals surface area (Å²) in [6, 6.07) is 10.3. The number of para-hydroxylation sites is 1. The topological polar surface area (TPSA) is 77.3 Å². The van der Waals surface area contributed by atoms with Gasteiger partial charge in [-0.05, 0) is 31.5 Å². The number of nitro groups is 1. The van der Waals surface area contributed by atoms with Gasteiger partial charge in [-0.15, -0.1) is 0 Å². The molecule has 2 aromatic carbocycles. The standard InChI is InChI=1S/C14H13NO4S/c1-10-7-8-13(11(2)9-10)20(18,19)14-6-4-3-5-12(14)15(16)17/h3-9H,1-2H3. The number of rotatable bonds is 3. The number of benzene rings is 2. The molecule has 0 aliphatic heterocycles. The highest BCUT2D eigenvalue weighted by Crippen LogP contribution is 2.30. The van der Waals surface area contributed by atoms with Crippen LogP contribution in [0, 0.1) is 24.0 Å². The highest BCUT2D eigenvalue weighted by molar-refractivity contribution is 7.91. The summed E-state index contributed by atoms with van der Waals surface area (Å²) in [5, 5.41) is 11.0. The van der Waals surface area contributed by atoms with E-state index in [0.717, 1.165) is 5.56 Å². The minimum absolute atomic E-state index is 0.0948. The zero-order chi connectivity index (χ0) is 14.9. The summed E-state index contributed by atoms with van der Waals surface area (Å²) in [7, 11) is -3.90. The summed E-state index contributed by atoms with van der Waals surface area (Å²) < 4.78 is 25.2. The predicted octanol–water partition coefficient (Wildman–Crippen LogP) is 3.04. The van der Waals surface area contributed by atoms with Crippen molar-refractivity contribution in [3.8, 4) is 0 Å². The van der Waals surface area contributed by atoms with Crippen LogP contribution in [0.4, 0.5) is 5.69 Å². The molecule has 0 radical (unpaired) electrons. The van der Waals surface area contributed by atoms with Crippen molar-refractivity contribution < 1.29 is 13.3 Å². The van der Waals surface area contributed by atoms with Gasteiger partial charge in [0.1, 0.15) is 4.90 Å². The van der Waals surface area contributed by atoms with E-state index in [1.54, 1.807) is 19.1 Å². The number of sulfone groups is 1. The zero-order valence-electron chi connectivity index (χ0n) is 11.0. The van der Waals surface area contributed by atoms with Gasteiger partial charge in [-0.2, -0.15) is 0 Å². The van der Waals surface area contributed by atoms with E-state index >= 15 is 0 Å². The molecule has 5 nitrogen and oxygen atoms in total. The lowest BCUT2D eigenvalue weighted by atomic mass is 10.2. The molecule has 0 amide bonds. The summed E-state index contributed by atoms with van der Waals surface area (Å²) in [6.45, 7) is 3.53. The normalized spacial score (nSPS) is 11.3. The van der Waals surface area contributed by atoms with Gasteiger partial charge < -0.3 is 0 Å². The Balaban J connectivity index is 2.71. The fourth-order valence-electron chi connectivity index (χ4n) is 2.05. The third-order valence-electron chi connectivity index (χ3n) is 2.97. The smallest absolute Gasteiger partial charge is 0.258 e. The SMILES string of the molecule is Cc1ccc(S(=O)(=O)c2ccccc2[N+](=O)[O-])c(C)c1. The van der Waals surface area contributed by atoms with E-state index in [-0.39, 0.29) is 9.79 Å². The van der Waals surface area contributed by atoms with Crippen molar-refractivity contribution in [1.29, 1.82) is 0 Å². The molecule has 0 atom stereocenters. The second-order valence-electron chi connectivity index (χ2n) is 4.50. The van der Waals surface area contributed by atoms with Crippen LogP contribution >= 0.6 is 0 Å². The number of nitrogens with zero attached hydrogens (tertiary/aromatic N) is 1. The van der Waals surface area contributed by atoms with Gasteiger partial charge in [-0.3, -0.25) is 10.1 Å². The van der Waals surface area contributed by atoms with Crippen LogP contribution in [-0.4, -0.2) is 13.3 Å². The van der Waals surface area contributed by atoms with E-state index in [1.165, 1.54) is 30.3 Å². The quantitative estimate of drug-likeness (QED) is 0.643. The molecule has 0 aliphatic rings.